The molecule has 0 aromatic heterocycles. The molecule has 0 aliphatic carbocycles. The van der Waals surface area contributed by atoms with Gasteiger partial charge in [0.15, 0.2) is 0 Å². The van der Waals surface area contributed by atoms with Crippen LogP contribution in [0.3, 0.4) is 0 Å². The molecular formula is C22H42O2. The first-order valence-electron chi connectivity index (χ1n) is 10.3. The van der Waals surface area contributed by atoms with Gasteiger partial charge in [0.2, 0.25) is 0 Å². The van der Waals surface area contributed by atoms with Crippen molar-refractivity contribution in [2.75, 3.05) is 6.61 Å². The van der Waals surface area contributed by atoms with Gasteiger partial charge < -0.3 is 4.74 Å². The van der Waals surface area contributed by atoms with Crippen LogP contribution in [0.4, 0.5) is 0 Å². The third kappa shape index (κ3) is 14.8. The number of ether oxygens (including phenoxy) is 1. The lowest BCUT2D eigenvalue weighted by Gasteiger charge is -2.13. The van der Waals surface area contributed by atoms with Crippen LogP contribution < -0.4 is 0 Å². The summed E-state index contributed by atoms with van der Waals surface area (Å²) in [4.78, 5) is 11.3. The minimum atomic E-state index is -0.258. The molecule has 0 aliphatic heterocycles. The van der Waals surface area contributed by atoms with Gasteiger partial charge in [-0.2, -0.15) is 0 Å². The maximum absolute atomic E-state index is 11.3. The van der Waals surface area contributed by atoms with E-state index in [9.17, 15) is 4.79 Å². The van der Waals surface area contributed by atoms with Crippen LogP contribution in [0.25, 0.3) is 0 Å². The normalized spacial score (nSPS) is 13.5. The lowest BCUT2D eigenvalue weighted by atomic mass is 9.95. The minimum absolute atomic E-state index is 0.258. The second-order valence-electron chi connectivity index (χ2n) is 7.76. The molecule has 0 aromatic rings. The monoisotopic (exact) mass is 338 g/mol. The van der Waals surface area contributed by atoms with Crippen molar-refractivity contribution in [1.82, 2.24) is 0 Å². The highest BCUT2D eigenvalue weighted by Crippen LogP contribution is 2.19. The van der Waals surface area contributed by atoms with Gasteiger partial charge in [-0.25, -0.2) is 4.79 Å². The molecule has 2 heteroatoms. The van der Waals surface area contributed by atoms with Crippen molar-refractivity contribution in [2.45, 2.75) is 105 Å². The first-order chi connectivity index (χ1) is 11.5. The molecule has 0 amide bonds. The molecule has 0 radical (unpaired) electrons. The van der Waals surface area contributed by atoms with E-state index in [1.165, 1.54) is 70.6 Å². The molecule has 0 heterocycles. The Morgan fingerprint density at radius 1 is 0.833 bits per heavy atom. The Morgan fingerprint density at radius 3 is 1.75 bits per heavy atom. The van der Waals surface area contributed by atoms with Crippen LogP contribution in [0.1, 0.15) is 105 Å². The van der Waals surface area contributed by atoms with Crippen LogP contribution in [0, 0.1) is 11.8 Å². The van der Waals surface area contributed by atoms with E-state index in [-0.39, 0.29) is 5.97 Å². The van der Waals surface area contributed by atoms with Crippen LogP contribution in [0.15, 0.2) is 12.2 Å². The molecule has 0 bridgehead atoms. The SMILES string of the molecule is C=C(C)C(=O)OCCC(C)CCCCCCC(C)CCCCCC. The highest BCUT2D eigenvalue weighted by molar-refractivity contribution is 5.86. The van der Waals surface area contributed by atoms with E-state index in [1.54, 1.807) is 6.92 Å². The quantitative estimate of drug-likeness (QED) is 0.171. The molecule has 142 valence electrons. The van der Waals surface area contributed by atoms with E-state index in [0.29, 0.717) is 18.1 Å². The van der Waals surface area contributed by atoms with E-state index in [1.807, 2.05) is 0 Å². The van der Waals surface area contributed by atoms with Gasteiger partial charge in [-0.15, -0.1) is 0 Å². The van der Waals surface area contributed by atoms with E-state index in [4.69, 9.17) is 4.74 Å². The van der Waals surface area contributed by atoms with Crippen molar-refractivity contribution in [3.8, 4) is 0 Å². The van der Waals surface area contributed by atoms with Crippen molar-refractivity contribution >= 4 is 5.97 Å². The third-order valence-corrected chi connectivity index (χ3v) is 4.89. The van der Waals surface area contributed by atoms with Crippen LogP contribution in [0.5, 0.6) is 0 Å². The Bertz CT molecular complexity index is 322. The minimum Gasteiger partial charge on any atom is -0.462 e. The molecule has 24 heavy (non-hydrogen) atoms. The smallest absolute Gasteiger partial charge is 0.333 e. The molecule has 0 saturated carbocycles. The van der Waals surface area contributed by atoms with Gasteiger partial charge in [0, 0.05) is 5.57 Å². The summed E-state index contributed by atoms with van der Waals surface area (Å²) < 4.78 is 5.15. The second kappa shape index (κ2) is 15.7. The number of hydrogen-bond donors (Lipinski definition) is 0. The largest absolute Gasteiger partial charge is 0.462 e. The zero-order valence-electron chi connectivity index (χ0n) is 16.9. The summed E-state index contributed by atoms with van der Waals surface area (Å²) in [5.74, 6) is 1.29. The molecule has 0 spiro atoms. The highest BCUT2D eigenvalue weighted by atomic mass is 16.5. The topological polar surface area (TPSA) is 26.3 Å². The third-order valence-electron chi connectivity index (χ3n) is 4.89. The van der Waals surface area contributed by atoms with Crippen molar-refractivity contribution < 1.29 is 9.53 Å². The Kier molecular flexibility index (Phi) is 15.2. The molecule has 0 fully saturated rings. The molecule has 2 nitrogen and oxygen atoms in total. The fraction of sp³-hybridized carbons (Fsp3) is 0.864. The maximum Gasteiger partial charge on any atom is 0.333 e. The maximum atomic E-state index is 11.3. The average molecular weight is 339 g/mol. The standard InChI is InChI=1S/C22H42O2/c1-6-7-8-11-14-20(4)15-12-9-10-13-16-21(5)17-18-24-22(23)19(2)3/h20-21H,2,6-18H2,1,3-5H3. The van der Waals surface area contributed by atoms with Crippen molar-refractivity contribution in [3.05, 3.63) is 12.2 Å². The zero-order valence-corrected chi connectivity index (χ0v) is 16.9. The molecular weight excluding hydrogens is 296 g/mol. The van der Waals surface area contributed by atoms with E-state index < -0.39 is 0 Å². The molecule has 2 unspecified atom stereocenters. The fourth-order valence-corrected chi connectivity index (χ4v) is 3.02. The van der Waals surface area contributed by atoms with Crippen LogP contribution in [0.2, 0.25) is 0 Å². The molecule has 0 rings (SSSR count). The predicted molar refractivity (Wildman–Crippen MR) is 105 cm³/mol. The molecule has 0 N–H and O–H groups in total. The molecule has 0 aliphatic rings. The highest BCUT2D eigenvalue weighted by Gasteiger charge is 2.06. The Balaban J connectivity index is 3.39. The molecule has 0 saturated heterocycles. The van der Waals surface area contributed by atoms with Gasteiger partial charge >= 0.3 is 5.97 Å². The first kappa shape index (κ1) is 23.2. The summed E-state index contributed by atoms with van der Waals surface area (Å²) in [5.41, 5.74) is 0.488. The number of carbonyl (C=O) groups is 1. The first-order valence-corrected chi connectivity index (χ1v) is 10.3. The van der Waals surface area contributed by atoms with Gasteiger partial charge in [0.05, 0.1) is 6.61 Å². The fourth-order valence-electron chi connectivity index (χ4n) is 3.02. The second-order valence-corrected chi connectivity index (χ2v) is 7.76. The average Bonchev–Trinajstić information content (AvgIpc) is 2.54. The summed E-state index contributed by atoms with van der Waals surface area (Å²) in [6.07, 6.45) is 16.0. The van der Waals surface area contributed by atoms with Gasteiger partial charge in [0.25, 0.3) is 0 Å². The van der Waals surface area contributed by atoms with Crippen LogP contribution in [-0.4, -0.2) is 12.6 Å². The van der Waals surface area contributed by atoms with Gasteiger partial charge in [-0.3, -0.25) is 0 Å². The van der Waals surface area contributed by atoms with E-state index in [2.05, 4.69) is 27.4 Å². The number of carbonyl (C=O) groups excluding carboxylic acids is 1. The number of hydrogen-bond acceptors (Lipinski definition) is 2. The van der Waals surface area contributed by atoms with Gasteiger partial charge in [-0.1, -0.05) is 98.0 Å². The van der Waals surface area contributed by atoms with Crippen LogP contribution >= 0.6 is 0 Å². The lowest BCUT2D eigenvalue weighted by molar-refractivity contribution is -0.139. The van der Waals surface area contributed by atoms with E-state index >= 15 is 0 Å². The Morgan fingerprint density at radius 2 is 1.29 bits per heavy atom. The summed E-state index contributed by atoms with van der Waals surface area (Å²) in [6, 6.07) is 0. The molecule has 0 aromatic carbocycles. The summed E-state index contributed by atoms with van der Waals surface area (Å²) in [5, 5.41) is 0. The lowest BCUT2D eigenvalue weighted by Crippen LogP contribution is -2.09. The van der Waals surface area contributed by atoms with Gasteiger partial charge in [-0.05, 0) is 25.2 Å². The summed E-state index contributed by atoms with van der Waals surface area (Å²) in [7, 11) is 0. The Hall–Kier alpha value is -0.790. The van der Waals surface area contributed by atoms with E-state index in [0.717, 1.165) is 12.3 Å². The van der Waals surface area contributed by atoms with Crippen molar-refractivity contribution in [1.29, 1.82) is 0 Å². The van der Waals surface area contributed by atoms with Crippen molar-refractivity contribution in [3.63, 3.8) is 0 Å². The number of rotatable bonds is 16. The van der Waals surface area contributed by atoms with Crippen LogP contribution in [-0.2, 0) is 9.53 Å². The molecule has 2 atom stereocenters. The van der Waals surface area contributed by atoms with Crippen molar-refractivity contribution in [2.24, 2.45) is 11.8 Å². The Labute approximate surface area is 151 Å². The number of esters is 1. The number of unbranched alkanes of at least 4 members (excludes halogenated alkanes) is 6. The van der Waals surface area contributed by atoms with Gasteiger partial charge in [0.1, 0.15) is 0 Å². The predicted octanol–water partition coefficient (Wildman–Crippen LogP) is 7.08. The summed E-state index contributed by atoms with van der Waals surface area (Å²) >= 11 is 0. The summed E-state index contributed by atoms with van der Waals surface area (Å²) in [6.45, 7) is 12.8. The zero-order chi connectivity index (χ0) is 18.2.